The molecular formula is C30H27N5O5. The fourth-order valence-corrected chi connectivity index (χ4v) is 4.29. The fourth-order valence-electron chi connectivity index (χ4n) is 4.29. The molecule has 1 aromatic heterocycles. The number of carbonyl (C=O) groups excluding carboxylic acids is 1. The summed E-state index contributed by atoms with van der Waals surface area (Å²) < 4.78 is 23.6. The van der Waals surface area contributed by atoms with Gasteiger partial charge in [0, 0.05) is 13.1 Å². The average Bonchev–Trinajstić information content (AvgIpc) is 3.46. The molecule has 0 spiro atoms. The quantitative estimate of drug-likeness (QED) is 0.183. The van der Waals surface area contributed by atoms with Gasteiger partial charge in [-0.25, -0.2) is 4.79 Å². The average molecular weight is 538 g/mol. The Morgan fingerprint density at radius 3 is 2.38 bits per heavy atom. The van der Waals surface area contributed by atoms with Crippen molar-refractivity contribution in [3.05, 3.63) is 89.7 Å². The first kappa shape index (κ1) is 26.5. The number of carbonyl (C=O) groups is 1. The molecule has 0 bridgehead atoms. The number of hydrogen-bond donors (Lipinski definition) is 0. The minimum atomic E-state index is -0.534. The number of para-hydroxylation sites is 1. The molecule has 1 aliphatic rings. The number of rotatable bonds is 8. The van der Waals surface area contributed by atoms with E-state index in [4.69, 9.17) is 18.9 Å². The summed E-state index contributed by atoms with van der Waals surface area (Å²) >= 11 is 0. The predicted molar refractivity (Wildman–Crippen MR) is 149 cm³/mol. The second kappa shape index (κ2) is 12.1. The normalized spacial score (nSPS) is 13.4. The highest BCUT2D eigenvalue weighted by atomic mass is 16.6. The van der Waals surface area contributed by atoms with Gasteiger partial charge >= 0.3 is 5.97 Å². The van der Waals surface area contributed by atoms with E-state index in [9.17, 15) is 10.1 Å². The summed E-state index contributed by atoms with van der Waals surface area (Å²) in [6.07, 6.45) is 1.70. The number of nitriles is 1. The van der Waals surface area contributed by atoms with E-state index >= 15 is 0 Å². The molecule has 4 aromatic rings. The lowest BCUT2D eigenvalue weighted by atomic mass is 10.1. The van der Waals surface area contributed by atoms with Crippen molar-refractivity contribution in [1.82, 2.24) is 14.8 Å². The maximum atomic E-state index is 12.7. The summed E-state index contributed by atoms with van der Waals surface area (Å²) in [4.78, 5) is 14.8. The number of aromatic nitrogens is 3. The van der Waals surface area contributed by atoms with Gasteiger partial charge in [0.25, 0.3) is 0 Å². The lowest BCUT2D eigenvalue weighted by Gasteiger charge is -2.28. The first-order valence-corrected chi connectivity index (χ1v) is 12.6. The maximum Gasteiger partial charge on any atom is 0.343 e. The standard InChI is InChI=1S/C30H27N5O5/c1-37-25-11-9-22(10-12-25)29(36)40-26-13-8-21(19-27(26)38-2)18-23(20-31)28-32-33-30(34-14-16-39-17-15-34)35(28)24-6-4-3-5-7-24/h3-13,18-19H,14-17H2,1-2H3/b23-18+. The van der Waals surface area contributed by atoms with Gasteiger partial charge in [0.15, 0.2) is 17.3 Å². The number of benzene rings is 3. The molecule has 1 saturated heterocycles. The number of morpholine rings is 1. The molecule has 5 rings (SSSR count). The van der Waals surface area contributed by atoms with E-state index in [0.717, 1.165) is 5.69 Å². The summed E-state index contributed by atoms with van der Waals surface area (Å²) in [5, 5.41) is 19.0. The summed E-state index contributed by atoms with van der Waals surface area (Å²) in [6, 6.07) is 23.6. The SMILES string of the molecule is COc1ccc(C(=O)Oc2ccc(/C=C(\C#N)c3nnc(N4CCOCC4)n3-c3ccccc3)cc2OC)cc1. The van der Waals surface area contributed by atoms with E-state index < -0.39 is 5.97 Å². The zero-order valence-electron chi connectivity index (χ0n) is 22.1. The zero-order valence-corrected chi connectivity index (χ0v) is 22.1. The van der Waals surface area contributed by atoms with E-state index in [1.165, 1.54) is 7.11 Å². The van der Waals surface area contributed by atoms with E-state index in [2.05, 4.69) is 21.2 Å². The molecule has 0 N–H and O–H groups in total. The van der Waals surface area contributed by atoms with Gasteiger partial charge in [0.1, 0.15) is 11.8 Å². The van der Waals surface area contributed by atoms with Gasteiger partial charge in [0.05, 0.1) is 44.3 Å². The highest BCUT2D eigenvalue weighted by Gasteiger charge is 2.23. The Labute approximate surface area is 231 Å². The number of anilines is 1. The molecule has 0 radical (unpaired) electrons. The monoisotopic (exact) mass is 537 g/mol. The van der Waals surface area contributed by atoms with Gasteiger partial charge in [-0.15, -0.1) is 10.2 Å². The summed E-state index contributed by atoms with van der Waals surface area (Å²) in [5.41, 5.74) is 2.17. The Morgan fingerprint density at radius 1 is 0.950 bits per heavy atom. The Kier molecular flexibility index (Phi) is 8.04. The Morgan fingerprint density at radius 2 is 1.70 bits per heavy atom. The smallest absolute Gasteiger partial charge is 0.343 e. The van der Waals surface area contributed by atoms with Crippen molar-refractivity contribution in [1.29, 1.82) is 5.26 Å². The van der Waals surface area contributed by atoms with Crippen LogP contribution >= 0.6 is 0 Å². The van der Waals surface area contributed by atoms with Crippen molar-refractivity contribution in [3.63, 3.8) is 0 Å². The number of esters is 1. The van der Waals surface area contributed by atoms with Crippen LogP contribution in [0.5, 0.6) is 17.2 Å². The molecule has 2 heterocycles. The second-order valence-electron chi connectivity index (χ2n) is 8.79. The number of allylic oxidation sites excluding steroid dienone is 1. The summed E-state index contributed by atoms with van der Waals surface area (Å²) in [5.74, 6) is 1.74. The second-order valence-corrected chi connectivity index (χ2v) is 8.79. The first-order chi connectivity index (χ1) is 19.6. The van der Waals surface area contributed by atoms with Gasteiger partial charge in [-0.2, -0.15) is 5.26 Å². The molecule has 0 atom stereocenters. The molecule has 10 nitrogen and oxygen atoms in total. The van der Waals surface area contributed by atoms with Crippen LogP contribution in [0.15, 0.2) is 72.8 Å². The van der Waals surface area contributed by atoms with Crippen molar-refractivity contribution in [3.8, 4) is 29.0 Å². The summed E-state index contributed by atoms with van der Waals surface area (Å²) in [6.45, 7) is 2.52. The number of nitrogens with zero attached hydrogens (tertiary/aromatic N) is 5. The number of ether oxygens (including phenoxy) is 4. The van der Waals surface area contributed by atoms with Crippen LogP contribution in [0.3, 0.4) is 0 Å². The van der Waals surface area contributed by atoms with Crippen molar-refractivity contribution in [2.45, 2.75) is 0 Å². The molecule has 202 valence electrons. The molecule has 3 aromatic carbocycles. The van der Waals surface area contributed by atoms with E-state index in [1.54, 1.807) is 55.7 Å². The van der Waals surface area contributed by atoms with Crippen molar-refractivity contribution in [2.75, 3.05) is 45.4 Å². The molecule has 0 unspecified atom stereocenters. The minimum Gasteiger partial charge on any atom is -0.497 e. The van der Waals surface area contributed by atoms with Gasteiger partial charge < -0.3 is 23.8 Å². The van der Waals surface area contributed by atoms with E-state index in [1.807, 2.05) is 34.9 Å². The highest BCUT2D eigenvalue weighted by Crippen LogP contribution is 2.32. The minimum absolute atomic E-state index is 0.251. The molecular weight excluding hydrogens is 510 g/mol. The highest BCUT2D eigenvalue weighted by molar-refractivity contribution is 5.92. The van der Waals surface area contributed by atoms with Crippen LogP contribution in [0.1, 0.15) is 21.7 Å². The van der Waals surface area contributed by atoms with Gasteiger partial charge in [-0.05, 0) is 60.2 Å². The van der Waals surface area contributed by atoms with Crippen molar-refractivity contribution >= 4 is 23.6 Å². The molecule has 0 aliphatic carbocycles. The van der Waals surface area contributed by atoms with Crippen LogP contribution in [0, 0.1) is 11.3 Å². The first-order valence-electron chi connectivity index (χ1n) is 12.6. The largest absolute Gasteiger partial charge is 0.497 e. The molecule has 1 fully saturated rings. The molecule has 0 saturated carbocycles. The van der Waals surface area contributed by atoms with Crippen LogP contribution in [-0.2, 0) is 4.74 Å². The van der Waals surface area contributed by atoms with Crippen molar-refractivity contribution in [2.24, 2.45) is 0 Å². The van der Waals surface area contributed by atoms with Crippen LogP contribution in [0.25, 0.3) is 17.3 Å². The molecule has 10 heteroatoms. The van der Waals surface area contributed by atoms with Crippen LogP contribution < -0.4 is 19.1 Å². The third kappa shape index (κ3) is 5.65. The van der Waals surface area contributed by atoms with Gasteiger partial charge in [-0.3, -0.25) is 4.57 Å². The van der Waals surface area contributed by atoms with Gasteiger partial charge in [0.2, 0.25) is 5.95 Å². The lowest BCUT2D eigenvalue weighted by molar-refractivity contribution is 0.0729. The topological polar surface area (TPSA) is 112 Å². The zero-order chi connectivity index (χ0) is 27.9. The lowest BCUT2D eigenvalue weighted by Crippen LogP contribution is -2.38. The molecule has 0 amide bonds. The predicted octanol–water partition coefficient (Wildman–Crippen LogP) is 4.40. The Balaban J connectivity index is 1.46. The number of hydrogen-bond acceptors (Lipinski definition) is 9. The third-order valence-corrected chi connectivity index (χ3v) is 6.34. The Bertz CT molecular complexity index is 1550. The third-order valence-electron chi connectivity index (χ3n) is 6.34. The van der Waals surface area contributed by atoms with Crippen LogP contribution in [0.2, 0.25) is 0 Å². The number of methoxy groups -OCH3 is 2. The van der Waals surface area contributed by atoms with E-state index in [-0.39, 0.29) is 5.75 Å². The molecule has 40 heavy (non-hydrogen) atoms. The maximum absolute atomic E-state index is 12.7. The van der Waals surface area contributed by atoms with Gasteiger partial charge in [-0.1, -0.05) is 24.3 Å². The van der Waals surface area contributed by atoms with E-state index in [0.29, 0.717) is 66.3 Å². The van der Waals surface area contributed by atoms with Crippen LogP contribution in [-0.4, -0.2) is 61.3 Å². The van der Waals surface area contributed by atoms with Crippen molar-refractivity contribution < 1.29 is 23.7 Å². The summed E-state index contributed by atoms with van der Waals surface area (Å²) in [7, 11) is 3.04. The fraction of sp³-hybridized carbons (Fsp3) is 0.200. The molecule has 1 aliphatic heterocycles. The Hall–Kier alpha value is -5.14. The van der Waals surface area contributed by atoms with Crippen LogP contribution in [0.4, 0.5) is 5.95 Å².